The molecule has 0 saturated carbocycles. The van der Waals surface area contributed by atoms with Crippen molar-refractivity contribution in [2.45, 2.75) is 32.0 Å². The fourth-order valence-corrected chi connectivity index (χ4v) is 2.17. The van der Waals surface area contributed by atoms with Crippen LogP contribution in [0.5, 0.6) is 0 Å². The molecule has 0 saturated heterocycles. The highest BCUT2D eigenvalue weighted by atomic mass is 79.9. The minimum atomic E-state index is 0.150. The van der Waals surface area contributed by atoms with Gasteiger partial charge in [-0.2, -0.15) is 0 Å². The molecule has 1 aromatic rings. The minimum Gasteiger partial charge on any atom is -0.339 e. The normalized spacial score (nSPS) is 10.3. The molecule has 0 aliphatic heterocycles. The zero-order valence-corrected chi connectivity index (χ0v) is 12.2. The van der Waals surface area contributed by atoms with E-state index in [4.69, 9.17) is 0 Å². The van der Waals surface area contributed by atoms with E-state index in [0.29, 0.717) is 0 Å². The molecule has 0 N–H and O–H groups in total. The van der Waals surface area contributed by atoms with Crippen LogP contribution in [0.3, 0.4) is 0 Å². The van der Waals surface area contributed by atoms with E-state index in [0.717, 1.165) is 42.4 Å². The van der Waals surface area contributed by atoms with Gasteiger partial charge in [-0.05, 0) is 30.5 Å². The molecule has 2 nitrogen and oxygen atoms in total. The Morgan fingerprint density at radius 2 is 1.88 bits per heavy atom. The van der Waals surface area contributed by atoms with Crippen LogP contribution < -0.4 is 0 Å². The Balaban J connectivity index is 2.84. The molecule has 0 spiro atoms. The van der Waals surface area contributed by atoms with Gasteiger partial charge in [-0.3, -0.25) is 4.79 Å². The third-order valence-electron chi connectivity index (χ3n) is 2.60. The maximum Gasteiger partial charge on any atom is 0.253 e. The molecular formula is C14H20BrNO. The Bertz CT molecular complexity index is 359. The largest absolute Gasteiger partial charge is 0.339 e. The predicted molar refractivity (Wildman–Crippen MR) is 75.6 cm³/mol. The molecule has 0 atom stereocenters. The quantitative estimate of drug-likeness (QED) is 0.731. The molecule has 1 rings (SSSR count). The van der Waals surface area contributed by atoms with Crippen molar-refractivity contribution >= 4 is 21.8 Å². The van der Waals surface area contributed by atoms with Gasteiger partial charge >= 0.3 is 0 Å². The van der Waals surface area contributed by atoms with Crippen LogP contribution in [0.25, 0.3) is 0 Å². The first-order chi connectivity index (χ1) is 8.22. The lowest BCUT2D eigenvalue weighted by Crippen LogP contribution is -2.32. The van der Waals surface area contributed by atoms with Crippen LogP contribution in [-0.2, 0) is 5.33 Å². The lowest BCUT2D eigenvalue weighted by molar-refractivity contribution is 0.0755. The number of benzene rings is 1. The highest BCUT2D eigenvalue weighted by molar-refractivity contribution is 9.08. The smallest absolute Gasteiger partial charge is 0.253 e. The van der Waals surface area contributed by atoms with Crippen molar-refractivity contribution in [3.8, 4) is 0 Å². The van der Waals surface area contributed by atoms with Crippen LogP contribution in [0.15, 0.2) is 24.3 Å². The first-order valence-electron chi connectivity index (χ1n) is 6.17. The summed E-state index contributed by atoms with van der Waals surface area (Å²) >= 11 is 3.41. The maximum atomic E-state index is 12.3. The number of carbonyl (C=O) groups is 1. The van der Waals surface area contributed by atoms with Crippen molar-refractivity contribution in [2.24, 2.45) is 0 Å². The van der Waals surface area contributed by atoms with Crippen LogP contribution in [0.4, 0.5) is 0 Å². The zero-order chi connectivity index (χ0) is 12.7. The molecule has 1 amide bonds. The van der Waals surface area contributed by atoms with E-state index >= 15 is 0 Å². The molecule has 17 heavy (non-hydrogen) atoms. The number of nitrogens with zero attached hydrogens (tertiary/aromatic N) is 1. The first kappa shape index (κ1) is 14.2. The van der Waals surface area contributed by atoms with Gasteiger partial charge in [0.1, 0.15) is 0 Å². The molecule has 0 aliphatic carbocycles. The molecule has 0 unspecified atom stereocenters. The minimum absolute atomic E-state index is 0.150. The van der Waals surface area contributed by atoms with Gasteiger partial charge in [-0.1, -0.05) is 41.9 Å². The average molecular weight is 298 g/mol. The van der Waals surface area contributed by atoms with Crippen LogP contribution in [0.2, 0.25) is 0 Å². The third-order valence-corrected chi connectivity index (χ3v) is 3.25. The summed E-state index contributed by atoms with van der Waals surface area (Å²) in [5, 5.41) is 0.787. The molecule has 0 radical (unpaired) electrons. The number of amides is 1. The second-order valence-corrected chi connectivity index (χ2v) is 4.69. The van der Waals surface area contributed by atoms with Gasteiger partial charge in [0.15, 0.2) is 0 Å². The van der Waals surface area contributed by atoms with E-state index in [1.54, 1.807) is 0 Å². The monoisotopic (exact) mass is 297 g/mol. The standard InChI is InChI=1S/C14H20BrNO/c1-3-8-16(9-4-2)14(17)13-7-5-6-12(10-13)11-15/h5-7,10H,3-4,8-9,11H2,1-2H3. The molecule has 1 aromatic carbocycles. The molecular weight excluding hydrogens is 278 g/mol. The topological polar surface area (TPSA) is 20.3 Å². The Hall–Kier alpha value is -0.830. The number of hydrogen-bond acceptors (Lipinski definition) is 1. The van der Waals surface area contributed by atoms with E-state index in [1.807, 2.05) is 29.2 Å². The van der Waals surface area contributed by atoms with Crippen LogP contribution in [0.1, 0.15) is 42.6 Å². The van der Waals surface area contributed by atoms with Crippen molar-refractivity contribution in [2.75, 3.05) is 13.1 Å². The molecule has 0 bridgehead atoms. The van der Waals surface area contributed by atoms with Crippen LogP contribution >= 0.6 is 15.9 Å². The maximum absolute atomic E-state index is 12.3. The van der Waals surface area contributed by atoms with E-state index in [2.05, 4.69) is 29.8 Å². The Morgan fingerprint density at radius 3 is 2.41 bits per heavy atom. The Kier molecular flexibility index (Phi) is 6.27. The third kappa shape index (κ3) is 4.15. The second-order valence-electron chi connectivity index (χ2n) is 4.13. The number of rotatable bonds is 6. The molecule has 0 heterocycles. The summed E-state index contributed by atoms with van der Waals surface area (Å²) in [6.45, 7) is 5.88. The van der Waals surface area contributed by atoms with Crippen molar-refractivity contribution < 1.29 is 4.79 Å². The summed E-state index contributed by atoms with van der Waals surface area (Å²) in [6.07, 6.45) is 2.01. The first-order valence-corrected chi connectivity index (χ1v) is 7.29. The number of carbonyl (C=O) groups excluding carboxylic acids is 1. The van der Waals surface area contributed by atoms with Crippen LogP contribution in [-0.4, -0.2) is 23.9 Å². The second kappa shape index (κ2) is 7.49. The van der Waals surface area contributed by atoms with E-state index in [9.17, 15) is 4.79 Å². The van der Waals surface area contributed by atoms with E-state index < -0.39 is 0 Å². The molecule has 0 aromatic heterocycles. The highest BCUT2D eigenvalue weighted by Crippen LogP contribution is 2.12. The summed E-state index contributed by atoms with van der Waals surface area (Å²) in [4.78, 5) is 14.2. The number of hydrogen-bond donors (Lipinski definition) is 0. The van der Waals surface area contributed by atoms with Crippen molar-refractivity contribution in [3.05, 3.63) is 35.4 Å². The molecule has 3 heteroatoms. The number of halogens is 1. The van der Waals surface area contributed by atoms with Gasteiger partial charge in [0.05, 0.1) is 0 Å². The zero-order valence-electron chi connectivity index (χ0n) is 10.6. The molecule has 0 fully saturated rings. The van der Waals surface area contributed by atoms with Gasteiger partial charge in [0.25, 0.3) is 5.91 Å². The van der Waals surface area contributed by atoms with Crippen LogP contribution in [0, 0.1) is 0 Å². The summed E-state index contributed by atoms with van der Waals surface area (Å²) in [6, 6.07) is 7.83. The van der Waals surface area contributed by atoms with Gasteiger partial charge in [0, 0.05) is 24.0 Å². The van der Waals surface area contributed by atoms with Gasteiger partial charge in [-0.25, -0.2) is 0 Å². The Morgan fingerprint density at radius 1 is 1.24 bits per heavy atom. The fraction of sp³-hybridized carbons (Fsp3) is 0.500. The summed E-state index contributed by atoms with van der Waals surface area (Å²) in [5.41, 5.74) is 1.94. The molecule has 94 valence electrons. The van der Waals surface area contributed by atoms with E-state index in [-0.39, 0.29) is 5.91 Å². The number of alkyl halides is 1. The van der Waals surface area contributed by atoms with Gasteiger partial charge < -0.3 is 4.90 Å². The van der Waals surface area contributed by atoms with Gasteiger partial charge in [0.2, 0.25) is 0 Å². The highest BCUT2D eigenvalue weighted by Gasteiger charge is 2.13. The fourth-order valence-electron chi connectivity index (χ4n) is 1.82. The Labute approximate surface area is 112 Å². The lowest BCUT2D eigenvalue weighted by Gasteiger charge is -2.21. The lowest BCUT2D eigenvalue weighted by atomic mass is 10.1. The molecule has 0 aliphatic rings. The summed E-state index contributed by atoms with van der Waals surface area (Å²) in [7, 11) is 0. The van der Waals surface area contributed by atoms with Crippen molar-refractivity contribution in [3.63, 3.8) is 0 Å². The van der Waals surface area contributed by atoms with Crippen molar-refractivity contribution in [1.82, 2.24) is 4.90 Å². The summed E-state index contributed by atoms with van der Waals surface area (Å²) < 4.78 is 0. The SMILES string of the molecule is CCCN(CCC)C(=O)c1cccc(CBr)c1. The average Bonchev–Trinajstić information content (AvgIpc) is 2.38. The summed E-state index contributed by atoms with van der Waals surface area (Å²) in [5.74, 6) is 0.150. The van der Waals surface area contributed by atoms with Gasteiger partial charge in [-0.15, -0.1) is 0 Å². The van der Waals surface area contributed by atoms with Crippen molar-refractivity contribution in [1.29, 1.82) is 0 Å². The van der Waals surface area contributed by atoms with E-state index in [1.165, 1.54) is 0 Å². The predicted octanol–water partition coefficient (Wildman–Crippen LogP) is 3.84.